The predicted octanol–water partition coefficient (Wildman–Crippen LogP) is 3.56. The number of para-hydroxylation sites is 1. The number of rotatable bonds is 6. The molecule has 0 bridgehead atoms. The van der Waals surface area contributed by atoms with Crippen LogP contribution in [-0.2, 0) is 14.3 Å². The van der Waals surface area contributed by atoms with Crippen LogP contribution in [0.5, 0.6) is 0 Å². The average Bonchev–Trinajstić information content (AvgIpc) is 3.06. The van der Waals surface area contributed by atoms with Gasteiger partial charge < -0.3 is 14.8 Å². The number of amides is 1. The van der Waals surface area contributed by atoms with Crippen molar-refractivity contribution in [3.05, 3.63) is 76.3 Å². The van der Waals surface area contributed by atoms with Gasteiger partial charge in [0.05, 0.1) is 29.7 Å². The number of hydrogen-bond donors (Lipinski definition) is 1. The maximum absolute atomic E-state index is 13.1. The molecule has 2 aromatic carbocycles. The number of aryl methyl sites for hydroxylation is 1. The Kier molecular flexibility index (Phi) is 6.66. The van der Waals surface area contributed by atoms with Gasteiger partial charge in [0.15, 0.2) is 6.61 Å². The van der Waals surface area contributed by atoms with Gasteiger partial charge in [-0.15, -0.1) is 0 Å². The molecule has 0 aliphatic heterocycles. The van der Waals surface area contributed by atoms with E-state index >= 15 is 0 Å². The number of hydrogen-bond acceptors (Lipinski definition) is 6. The third kappa shape index (κ3) is 4.89. The fraction of sp³-hybridized carbons (Fsp3) is 0.143. The van der Waals surface area contributed by atoms with Gasteiger partial charge in [-0.1, -0.05) is 23.7 Å². The van der Waals surface area contributed by atoms with Gasteiger partial charge in [-0.05, 0) is 43.3 Å². The smallest absolute Gasteiger partial charge is 0.343 e. The average molecular weight is 446 g/mol. The summed E-state index contributed by atoms with van der Waals surface area (Å²) >= 11 is 6.27. The summed E-state index contributed by atoms with van der Waals surface area (Å²) in [5, 5.41) is 6.63. The largest absolute Gasteiger partial charge is 0.465 e. The molecule has 3 aromatic rings. The number of anilines is 1. The van der Waals surface area contributed by atoms with Crippen LogP contribution in [0.4, 0.5) is 10.1 Å². The van der Waals surface area contributed by atoms with E-state index in [-0.39, 0.29) is 27.7 Å². The molecule has 31 heavy (non-hydrogen) atoms. The minimum Gasteiger partial charge on any atom is -0.465 e. The van der Waals surface area contributed by atoms with E-state index in [0.717, 1.165) is 0 Å². The molecule has 0 spiro atoms. The Balaban J connectivity index is 1.70. The summed E-state index contributed by atoms with van der Waals surface area (Å²) in [4.78, 5) is 36.5. The number of benzene rings is 2. The molecule has 0 aliphatic rings. The van der Waals surface area contributed by atoms with E-state index in [2.05, 4.69) is 15.2 Å². The summed E-state index contributed by atoms with van der Waals surface area (Å²) in [5.74, 6) is -2.57. The van der Waals surface area contributed by atoms with E-state index < -0.39 is 30.3 Å². The predicted molar refractivity (Wildman–Crippen MR) is 110 cm³/mol. The highest BCUT2D eigenvalue weighted by Gasteiger charge is 2.23. The number of methoxy groups -OCH3 is 1. The lowest BCUT2D eigenvalue weighted by Crippen LogP contribution is -2.22. The zero-order chi connectivity index (χ0) is 22.5. The Morgan fingerprint density at radius 3 is 2.45 bits per heavy atom. The molecule has 0 saturated carbocycles. The molecule has 0 radical (unpaired) electrons. The van der Waals surface area contributed by atoms with Crippen molar-refractivity contribution in [2.24, 2.45) is 0 Å². The van der Waals surface area contributed by atoms with Crippen LogP contribution < -0.4 is 5.32 Å². The summed E-state index contributed by atoms with van der Waals surface area (Å²) in [7, 11) is 1.22. The number of carbonyl (C=O) groups is 3. The van der Waals surface area contributed by atoms with Crippen molar-refractivity contribution in [3.63, 3.8) is 0 Å². The van der Waals surface area contributed by atoms with Crippen LogP contribution in [0.25, 0.3) is 5.69 Å². The van der Waals surface area contributed by atoms with Gasteiger partial charge in [0, 0.05) is 0 Å². The summed E-state index contributed by atoms with van der Waals surface area (Å²) in [5.41, 5.74) is 1.08. The third-order valence-corrected chi connectivity index (χ3v) is 4.57. The lowest BCUT2D eigenvalue weighted by atomic mass is 10.2. The fourth-order valence-electron chi connectivity index (χ4n) is 2.75. The number of nitrogens with zero attached hydrogens (tertiary/aromatic N) is 2. The van der Waals surface area contributed by atoms with E-state index in [1.807, 2.05) is 0 Å². The minimum absolute atomic E-state index is 0.0197. The SMILES string of the molecule is COC(=O)c1ccccc1NC(=O)COC(=O)c1c(C)nn(-c2ccc(F)cc2)c1Cl. The molecule has 1 aromatic heterocycles. The molecule has 160 valence electrons. The van der Waals surface area contributed by atoms with Crippen LogP contribution in [0.15, 0.2) is 48.5 Å². The zero-order valence-corrected chi connectivity index (χ0v) is 17.3. The van der Waals surface area contributed by atoms with Gasteiger partial charge in [-0.2, -0.15) is 5.10 Å². The Hall–Kier alpha value is -3.72. The van der Waals surface area contributed by atoms with Gasteiger partial charge >= 0.3 is 11.9 Å². The van der Waals surface area contributed by atoms with Gasteiger partial charge in [-0.3, -0.25) is 4.79 Å². The molecule has 1 amide bonds. The molecule has 10 heteroatoms. The normalized spacial score (nSPS) is 10.5. The van der Waals surface area contributed by atoms with Crippen molar-refractivity contribution in [3.8, 4) is 5.69 Å². The van der Waals surface area contributed by atoms with Crippen LogP contribution in [-0.4, -0.2) is 41.3 Å². The van der Waals surface area contributed by atoms with Crippen molar-refractivity contribution < 1.29 is 28.2 Å². The van der Waals surface area contributed by atoms with E-state index in [9.17, 15) is 18.8 Å². The van der Waals surface area contributed by atoms with Crippen LogP contribution in [0.2, 0.25) is 5.15 Å². The summed E-state index contributed by atoms with van der Waals surface area (Å²) < 4.78 is 24.1. The molecule has 0 fully saturated rings. The second kappa shape index (κ2) is 9.40. The van der Waals surface area contributed by atoms with Crippen molar-refractivity contribution >= 4 is 35.1 Å². The van der Waals surface area contributed by atoms with Crippen molar-refractivity contribution in [1.82, 2.24) is 9.78 Å². The highest BCUT2D eigenvalue weighted by Crippen LogP contribution is 2.24. The lowest BCUT2D eigenvalue weighted by molar-refractivity contribution is -0.119. The zero-order valence-electron chi connectivity index (χ0n) is 16.5. The van der Waals surface area contributed by atoms with E-state index in [1.165, 1.54) is 48.2 Å². The number of ether oxygens (including phenoxy) is 2. The summed E-state index contributed by atoms with van der Waals surface area (Å²) in [6.07, 6.45) is 0. The minimum atomic E-state index is -0.854. The molecule has 1 N–H and O–H groups in total. The summed E-state index contributed by atoms with van der Waals surface area (Å²) in [6.45, 7) is 0.932. The lowest BCUT2D eigenvalue weighted by Gasteiger charge is -2.10. The first-order chi connectivity index (χ1) is 14.8. The standard InChI is InChI=1S/C21H17ClFN3O5/c1-12-18(19(22)26(25-12)14-9-7-13(23)8-10-14)21(29)31-11-17(27)24-16-6-4-3-5-15(16)20(28)30-2/h3-10H,11H2,1-2H3,(H,24,27). The van der Waals surface area contributed by atoms with Crippen molar-refractivity contribution in [1.29, 1.82) is 0 Å². The van der Waals surface area contributed by atoms with E-state index in [1.54, 1.807) is 19.1 Å². The Morgan fingerprint density at radius 2 is 1.77 bits per heavy atom. The van der Waals surface area contributed by atoms with Crippen LogP contribution in [0, 0.1) is 12.7 Å². The van der Waals surface area contributed by atoms with Crippen molar-refractivity contribution in [2.45, 2.75) is 6.92 Å². The van der Waals surface area contributed by atoms with Crippen LogP contribution in [0.3, 0.4) is 0 Å². The number of nitrogens with one attached hydrogen (secondary N) is 1. The van der Waals surface area contributed by atoms with Crippen LogP contribution >= 0.6 is 11.6 Å². The van der Waals surface area contributed by atoms with Gasteiger partial charge in [0.25, 0.3) is 5.91 Å². The van der Waals surface area contributed by atoms with E-state index in [0.29, 0.717) is 5.69 Å². The Labute approximate surface area is 181 Å². The number of halogens is 2. The highest BCUT2D eigenvalue weighted by atomic mass is 35.5. The number of aromatic nitrogens is 2. The topological polar surface area (TPSA) is 99.5 Å². The molecule has 1 heterocycles. The molecule has 8 nitrogen and oxygen atoms in total. The molecule has 0 unspecified atom stereocenters. The molecule has 0 atom stereocenters. The quantitative estimate of drug-likeness (QED) is 0.582. The molecular weight excluding hydrogens is 429 g/mol. The molecular formula is C21H17ClFN3O5. The van der Waals surface area contributed by atoms with Gasteiger partial charge in [0.1, 0.15) is 16.5 Å². The monoisotopic (exact) mass is 445 g/mol. The first kappa shape index (κ1) is 22.0. The Morgan fingerprint density at radius 1 is 1.10 bits per heavy atom. The fourth-order valence-corrected chi connectivity index (χ4v) is 3.10. The molecule has 3 rings (SSSR count). The second-order valence-corrected chi connectivity index (χ2v) is 6.66. The summed E-state index contributed by atoms with van der Waals surface area (Å²) in [6, 6.07) is 11.6. The number of carbonyl (C=O) groups excluding carboxylic acids is 3. The highest BCUT2D eigenvalue weighted by molar-refractivity contribution is 6.33. The maximum atomic E-state index is 13.1. The number of esters is 2. The maximum Gasteiger partial charge on any atom is 0.343 e. The second-order valence-electron chi connectivity index (χ2n) is 6.30. The molecule has 0 saturated heterocycles. The third-order valence-electron chi connectivity index (χ3n) is 4.22. The van der Waals surface area contributed by atoms with Gasteiger partial charge in [0.2, 0.25) is 0 Å². The molecule has 0 aliphatic carbocycles. The van der Waals surface area contributed by atoms with Crippen LogP contribution in [0.1, 0.15) is 26.4 Å². The first-order valence-corrected chi connectivity index (χ1v) is 9.35. The van der Waals surface area contributed by atoms with Gasteiger partial charge in [-0.25, -0.2) is 18.7 Å². The van der Waals surface area contributed by atoms with E-state index in [4.69, 9.17) is 16.3 Å². The van der Waals surface area contributed by atoms with Crippen molar-refractivity contribution in [2.75, 3.05) is 19.0 Å². The Bertz CT molecular complexity index is 1140. The first-order valence-electron chi connectivity index (χ1n) is 8.97.